The van der Waals surface area contributed by atoms with Crippen molar-refractivity contribution in [3.63, 3.8) is 0 Å². The summed E-state index contributed by atoms with van der Waals surface area (Å²) in [5.41, 5.74) is 1.32. The number of rotatable bonds is 4. The van der Waals surface area contributed by atoms with E-state index in [0.717, 1.165) is 10.2 Å². The summed E-state index contributed by atoms with van der Waals surface area (Å²) in [4.78, 5) is 29.1. The third-order valence-electron chi connectivity index (χ3n) is 4.44. The minimum atomic E-state index is -0.537. The molecule has 0 aromatic heterocycles. The van der Waals surface area contributed by atoms with Crippen molar-refractivity contribution in [1.82, 2.24) is 4.90 Å². The Kier molecular flexibility index (Phi) is 5.61. The Morgan fingerprint density at radius 1 is 1.19 bits per heavy atom. The number of carbonyl (C=O) groups is 2. The maximum atomic E-state index is 13.0. The van der Waals surface area contributed by atoms with Gasteiger partial charge in [-0.05, 0) is 44.2 Å². The number of anilines is 1. The molecule has 1 fully saturated rings. The molecule has 2 aromatic carbocycles. The summed E-state index contributed by atoms with van der Waals surface area (Å²) in [5, 5.41) is 0. The molecule has 1 atom stereocenters. The summed E-state index contributed by atoms with van der Waals surface area (Å²) >= 11 is 3.38. The van der Waals surface area contributed by atoms with Crippen LogP contribution in [0.25, 0.3) is 0 Å². The number of nitrogens with zero attached hydrogens (tertiary/aromatic N) is 2. The van der Waals surface area contributed by atoms with E-state index in [1.54, 1.807) is 28.9 Å². The van der Waals surface area contributed by atoms with Gasteiger partial charge in [-0.25, -0.2) is 0 Å². The molecule has 0 aliphatic carbocycles. The fourth-order valence-corrected chi connectivity index (χ4v) is 3.53. The van der Waals surface area contributed by atoms with E-state index in [1.165, 1.54) is 0 Å². The molecule has 1 unspecified atom stereocenters. The Morgan fingerprint density at radius 2 is 1.96 bits per heavy atom. The molecular weight excluding hydrogens is 396 g/mol. The predicted molar refractivity (Wildman–Crippen MR) is 105 cm³/mol. The summed E-state index contributed by atoms with van der Waals surface area (Å²) < 4.78 is 6.49. The van der Waals surface area contributed by atoms with Crippen LogP contribution in [0.2, 0.25) is 0 Å². The molecular formula is C20H21BrN2O3. The van der Waals surface area contributed by atoms with Crippen molar-refractivity contribution in [3.05, 3.63) is 58.6 Å². The number of hydrogen-bond acceptors (Lipinski definition) is 3. The van der Waals surface area contributed by atoms with Crippen LogP contribution in [-0.4, -0.2) is 42.5 Å². The zero-order valence-corrected chi connectivity index (χ0v) is 16.4. The van der Waals surface area contributed by atoms with Gasteiger partial charge in [0, 0.05) is 23.1 Å². The average Bonchev–Trinajstić information content (AvgIpc) is 2.64. The number of halogens is 1. The molecule has 1 heterocycles. The van der Waals surface area contributed by atoms with E-state index >= 15 is 0 Å². The molecule has 0 radical (unpaired) electrons. The highest BCUT2D eigenvalue weighted by Gasteiger charge is 2.36. The smallest absolute Gasteiger partial charge is 0.254 e. The molecule has 6 heteroatoms. The molecule has 1 aliphatic heterocycles. The van der Waals surface area contributed by atoms with E-state index in [4.69, 9.17) is 4.74 Å². The summed E-state index contributed by atoms with van der Waals surface area (Å²) in [6.45, 7) is 5.12. The maximum absolute atomic E-state index is 13.0. The van der Waals surface area contributed by atoms with Gasteiger partial charge in [0.25, 0.3) is 5.91 Å². The van der Waals surface area contributed by atoms with Gasteiger partial charge in [-0.1, -0.05) is 34.1 Å². The van der Waals surface area contributed by atoms with Crippen LogP contribution < -0.4 is 9.64 Å². The Labute approximate surface area is 161 Å². The lowest BCUT2D eigenvalue weighted by Gasteiger charge is -2.39. The summed E-state index contributed by atoms with van der Waals surface area (Å²) in [7, 11) is 0. The fourth-order valence-electron chi connectivity index (χ4n) is 3.13. The fraction of sp³-hybridized carbons (Fsp3) is 0.300. The van der Waals surface area contributed by atoms with Gasteiger partial charge in [0.05, 0.1) is 12.3 Å². The topological polar surface area (TPSA) is 49.9 Å². The number of benzene rings is 2. The number of carbonyl (C=O) groups excluding carboxylic acids is 2. The molecule has 0 spiro atoms. The lowest BCUT2D eigenvalue weighted by Crippen LogP contribution is -2.57. The minimum Gasteiger partial charge on any atom is -0.492 e. The van der Waals surface area contributed by atoms with Gasteiger partial charge < -0.3 is 14.5 Å². The van der Waals surface area contributed by atoms with Crippen LogP contribution in [0, 0.1) is 0 Å². The van der Waals surface area contributed by atoms with Crippen molar-refractivity contribution in [2.45, 2.75) is 19.9 Å². The lowest BCUT2D eigenvalue weighted by molar-refractivity contribution is -0.124. The van der Waals surface area contributed by atoms with E-state index in [1.807, 2.05) is 43.3 Å². The van der Waals surface area contributed by atoms with Gasteiger partial charge in [-0.3, -0.25) is 9.59 Å². The Morgan fingerprint density at radius 3 is 2.69 bits per heavy atom. The van der Waals surface area contributed by atoms with Gasteiger partial charge in [0.2, 0.25) is 5.91 Å². The lowest BCUT2D eigenvalue weighted by atomic mass is 10.1. The third-order valence-corrected chi connectivity index (χ3v) is 4.94. The standard InChI is InChI=1S/C20H21BrN2O3/c1-3-26-18-10-5-4-9-17(18)23-12-11-22(14(2)19(23)24)20(25)15-7-6-8-16(21)13-15/h4-10,13-14H,3,11-12H2,1-2H3. The molecule has 5 nitrogen and oxygen atoms in total. The molecule has 3 rings (SSSR count). The predicted octanol–water partition coefficient (Wildman–Crippen LogP) is 3.73. The normalized spacial score (nSPS) is 17.3. The molecule has 1 saturated heterocycles. The first-order chi connectivity index (χ1) is 12.5. The van der Waals surface area contributed by atoms with Crippen LogP contribution in [0.1, 0.15) is 24.2 Å². The van der Waals surface area contributed by atoms with Crippen molar-refractivity contribution < 1.29 is 14.3 Å². The zero-order chi connectivity index (χ0) is 18.7. The highest BCUT2D eigenvalue weighted by atomic mass is 79.9. The SMILES string of the molecule is CCOc1ccccc1N1CCN(C(=O)c2cccc(Br)c2)C(C)C1=O. The maximum Gasteiger partial charge on any atom is 0.254 e. The molecule has 136 valence electrons. The van der Waals surface area contributed by atoms with Gasteiger partial charge >= 0.3 is 0 Å². The molecule has 1 aliphatic rings. The van der Waals surface area contributed by atoms with Crippen molar-refractivity contribution in [1.29, 1.82) is 0 Å². The van der Waals surface area contributed by atoms with Gasteiger partial charge in [0.1, 0.15) is 11.8 Å². The minimum absolute atomic E-state index is 0.105. The average molecular weight is 417 g/mol. The summed E-state index contributed by atoms with van der Waals surface area (Å²) in [6.07, 6.45) is 0. The number of piperazine rings is 1. The second kappa shape index (κ2) is 7.91. The van der Waals surface area contributed by atoms with Crippen molar-refractivity contribution in [2.75, 3.05) is 24.6 Å². The largest absolute Gasteiger partial charge is 0.492 e. The highest BCUT2D eigenvalue weighted by Crippen LogP contribution is 2.31. The van der Waals surface area contributed by atoms with Crippen molar-refractivity contribution >= 4 is 33.4 Å². The van der Waals surface area contributed by atoms with Crippen LogP contribution in [0.4, 0.5) is 5.69 Å². The summed E-state index contributed by atoms with van der Waals surface area (Å²) in [6, 6.07) is 14.2. The van der Waals surface area contributed by atoms with E-state index in [-0.39, 0.29) is 11.8 Å². The van der Waals surface area contributed by atoms with E-state index in [0.29, 0.717) is 31.0 Å². The first kappa shape index (κ1) is 18.5. The summed E-state index contributed by atoms with van der Waals surface area (Å²) in [5.74, 6) is 0.443. The highest BCUT2D eigenvalue weighted by molar-refractivity contribution is 9.10. The second-order valence-electron chi connectivity index (χ2n) is 6.08. The number of amides is 2. The Hall–Kier alpha value is -2.34. The molecule has 0 bridgehead atoms. The van der Waals surface area contributed by atoms with Crippen LogP contribution in [-0.2, 0) is 4.79 Å². The van der Waals surface area contributed by atoms with Crippen molar-refractivity contribution in [2.24, 2.45) is 0 Å². The van der Waals surface area contributed by atoms with Gasteiger partial charge in [-0.15, -0.1) is 0 Å². The molecule has 0 saturated carbocycles. The van der Waals surface area contributed by atoms with E-state index in [9.17, 15) is 9.59 Å². The van der Waals surface area contributed by atoms with Crippen molar-refractivity contribution in [3.8, 4) is 5.75 Å². The molecule has 26 heavy (non-hydrogen) atoms. The van der Waals surface area contributed by atoms with E-state index < -0.39 is 6.04 Å². The molecule has 0 N–H and O–H groups in total. The van der Waals surface area contributed by atoms with E-state index in [2.05, 4.69) is 15.9 Å². The van der Waals surface area contributed by atoms with Crippen LogP contribution in [0.15, 0.2) is 53.0 Å². The first-order valence-corrected chi connectivity index (χ1v) is 9.42. The zero-order valence-electron chi connectivity index (χ0n) is 14.8. The number of para-hydroxylation sites is 2. The van der Waals surface area contributed by atoms with Crippen LogP contribution in [0.3, 0.4) is 0 Å². The van der Waals surface area contributed by atoms with Gasteiger partial charge in [-0.2, -0.15) is 0 Å². The molecule has 2 amide bonds. The second-order valence-corrected chi connectivity index (χ2v) is 6.99. The Balaban J connectivity index is 1.82. The number of hydrogen-bond donors (Lipinski definition) is 0. The number of ether oxygens (including phenoxy) is 1. The monoisotopic (exact) mass is 416 g/mol. The molecule has 2 aromatic rings. The first-order valence-electron chi connectivity index (χ1n) is 8.62. The van der Waals surface area contributed by atoms with Gasteiger partial charge in [0.15, 0.2) is 0 Å². The quantitative estimate of drug-likeness (QED) is 0.762. The third kappa shape index (κ3) is 3.60. The van der Waals surface area contributed by atoms with Crippen LogP contribution in [0.5, 0.6) is 5.75 Å². The Bertz CT molecular complexity index is 824. The van der Waals surface area contributed by atoms with Crippen LogP contribution >= 0.6 is 15.9 Å².